The van der Waals surface area contributed by atoms with Crippen LogP contribution in [0.15, 0.2) is 48.5 Å². The molecule has 0 radical (unpaired) electrons. The fraction of sp³-hybridized carbons (Fsp3) is 0.500. The van der Waals surface area contributed by atoms with E-state index in [-0.39, 0.29) is 36.5 Å². The number of hydrogen-bond donors (Lipinski definition) is 2. The van der Waals surface area contributed by atoms with Crippen molar-refractivity contribution in [3.8, 4) is 0 Å². The molecule has 2 atom stereocenters. The van der Waals surface area contributed by atoms with E-state index >= 15 is 0 Å². The molecule has 0 aliphatic heterocycles. The van der Waals surface area contributed by atoms with Crippen LogP contribution in [0.25, 0.3) is 0 Å². The lowest BCUT2D eigenvalue weighted by Crippen LogP contribution is -2.46. The predicted octanol–water partition coefficient (Wildman–Crippen LogP) is 5.79. The number of fused-ring (bicyclic) bond motifs is 1. The number of carboxylic acids is 1. The number of aliphatic carboxylic acids is 1. The minimum Gasteiger partial charge on any atom is -0.481 e. The van der Waals surface area contributed by atoms with Gasteiger partial charge in [0.15, 0.2) is 0 Å². The van der Waals surface area contributed by atoms with Gasteiger partial charge >= 0.3 is 5.97 Å². The molecule has 1 aliphatic carbocycles. The lowest BCUT2D eigenvalue weighted by atomic mass is 9.55. The van der Waals surface area contributed by atoms with Gasteiger partial charge < -0.3 is 10.4 Å². The molecule has 170 valence electrons. The van der Waals surface area contributed by atoms with Crippen molar-refractivity contribution in [2.75, 3.05) is 13.1 Å². The second kappa shape index (κ2) is 11.6. The number of hydrogen-bond acceptors (Lipinski definition) is 2. The fourth-order valence-electron chi connectivity index (χ4n) is 5.37. The van der Waals surface area contributed by atoms with Gasteiger partial charge in [-0.1, -0.05) is 50.2 Å². The topological polar surface area (TPSA) is 49.3 Å². The number of carbonyl (C=O) groups is 1. The Bertz CT molecular complexity index is 843. The smallest absolute Gasteiger partial charge is 0.304 e. The molecule has 0 saturated carbocycles. The Labute approximate surface area is 191 Å². The Kier molecular flexibility index (Phi) is 9.52. The zero-order chi connectivity index (χ0) is 21.6. The fourth-order valence-corrected chi connectivity index (χ4v) is 5.37. The summed E-state index contributed by atoms with van der Waals surface area (Å²) in [6, 6.07) is 15.4. The van der Waals surface area contributed by atoms with Crippen LogP contribution in [0.3, 0.4) is 0 Å². The van der Waals surface area contributed by atoms with E-state index in [1.807, 2.05) is 12.1 Å². The summed E-state index contributed by atoms with van der Waals surface area (Å²) in [5.74, 6) is -0.573. The van der Waals surface area contributed by atoms with Crippen LogP contribution in [0.2, 0.25) is 0 Å². The Hall–Kier alpha value is -1.91. The van der Waals surface area contributed by atoms with Crippen molar-refractivity contribution in [3.63, 3.8) is 0 Å². The van der Waals surface area contributed by atoms with Crippen LogP contribution in [-0.2, 0) is 23.1 Å². The first-order valence-corrected chi connectivity index (χ1v) is 11.2. The van der Waals surface area contributed by atoms with E-state index < -0.39 is 11.4 Å². The van der Waals surface area contributed by atoms with Crippen molar-refractivity contribution < 1.29 is 14.3 Å². The average molecular weight is 448 g/mol. The number of nitrogens with one attached hydrogen (secondary N) is 1. The van der Waals surface area contributed by atoms with E-state index in [4.69, 9.17) is 0 Å². The summed E-state index contributed by atoms with van der Waals surface area (Å²) >= 11 is 0. The maximum Gasteiger partial charge on any atom is 0.304 e. The minimum absolute atomic E-state index is 0. The summed E-state index contributed by atoms with van der Waals surface area (Å²) in [4.78, 5) is 11.9. The molecule has 2 aromatic rings. The Morgan fingerprint density at radius 3 is 2.61 bits per heavy atom. The molecule has 3 nitrogen and oxygen atoms in total. The van der Waals surface area contributed by atoms with Gasteiger partial charge in [0.05, 0.1) is 6.42 Å². The van der Waals surface area contributed by atoms with Crippen molar-refractivity contribution in [3.05, 3.63) is 71.0 Å². The van der Waals surface area contributed by atoms with Crippen LogP contribution >= 0.6 is 12.4 Å². The molecule has 31 heavy (non-hydrogen) atoms. The Balaban J connectivity index is 0.00000341. The van der Waals surface area contributed by atoms with Crippen molar-refractivity contribution >= 4 is 18.4 Å². The third kappa shape index (κ3) is 6.08. The maximum absolute atomic E-state index is 13.8. The third-order valence-electron chi connectivity index (χ3n) is 6.86. The third-order valence-corrected chi connectivity index (χ3v) is 6.86. The number of benzene rings is 2. The van der Waals surface area contributed by atoms with Gasteiger partial charge in [0.2, 0.25) is 0 Å². The molecule has 0 aromatic heterocycles. The van der Waals surface area contributed by atoms with Gasteiger partial charge in [-0.3, -0.25) is 4.79 Å². The highest BCUT2D eigenvalue weighted by molar-refractivity contribution is 5.85. The Morgan fingerprint density at radius 1 is 1.19 bits per heavy atom. The van der Waals surface area contributed by atoms with Crippen LogP contribution in [0.4, 0.5) is 4.39 Å². The van der Waals surface area contributed by atoms with E-state index in [1.165, 1.54) is 11.6 Å². The van der Waals surface area contributed by atoms with E-state index in [9.17, 15) is 14.3 Å². The highest BCUT2D eigenvalue weighted by atomic mass is 35.5. The summed E-state index contributed by atoms with van der Waals surface area (Å²) in [5.41, 5.74) is 2.94. The van der Waals surface area contributed by atoms with Crippen molar-refractivity contribution in [2.24, 2.45) is 11.8 Å². The molecule has 0 fully saturated rings. The van der Waals surface area contributed by atoms with Crippen LogP contribution in [0.5, 0.6) is 0 Å². The molecule has 5 heteroatoms. The molecule has 0 heterocycles. The highest BCUT2D eigenvalue weighted by Crippen LogP contribution is 2.50. The normalized spacial score (nSPS) is 20.2. The first-order valence-electron chi connectivity index (χ1n) is 11.2. The Morgan fingerprint density at radius 2 is 1.94 bits per heavy atom. The number of rotatable bonds is 10. The van der Waals surface area contributed by atoms with Gasteiger partial charge in [0, 0.05) is 5.41 Å². The van der Waals surface area contributed by atoms with Crippen LogP contribution in [0, 0.1) is 17.7 Å². The van der Waals surface area contributed by atoms with Gasteiger partial charge in [-0.2, -0.15) is 0 Å². The van der Waals surface area contributed by atoms with Gasteiger partial charge in [-0.05, 0) is 85.9 Å². The molecular weight excluding hydrogens is 413 g/mol. The second-order valence-electron chi connectivity index (χ2n) is 8.93. The average Bonchev–Trinajstić information content (AvgIpc) is 2.71. The molecule has 0 spiro atoms. The first kappa shape index (κ1) is 25.4. The molecule has 0 amide bonds. The minimum atomic E-state index is -0.776. The van der Waals surface area contributed by atoms with E-state index in [2.05, 4.69) is 43.4 Å². The van der Waals surface area contributed by atoms with Gasteiger partial charge in [0.25, 0.3) is 0 Å². The van der Waals surface area contributed by atoms with Crippen LogP contribution < -0.4 is 5.32 Å². The maximum atomic E-state index is 13.8. The lowest BCUT2D eigenvalue weighted by Gasteiger charge is -2.48. The molecule has 2 unspecified atom stereocenters. The molecule has 1 aliphatic rings. The van der Waals surface area contributed by atoms with Gasteiger partial charge in [-0.15, -0.1) is 12.4 Å². The van der Waals surface area contributed by atoms with Gasteiger partial charge in [-0.25, -0.2) is 4.39 Å². The van der Waals surface area contributed by atoms with E-state index in [0.29, 0.717) is 0 Å². The summed E-state index contributed by atoms with van der Waals surface area (Å²) < 4.78 is 13.8. The summed E-state index contributed by atoms with van der Waals surface area (Å²) in [7, 11) is 0. The first-order chi connectivity index (χ1) is 14.4. The molecular formula is C26H35ClFNO2. The quantitative estimate of drug-likeness (QED) is 0.453. The second-order valence-corrected chi connectivity index (χ2v) is 8.93. The van der Waals surface area contributed by atoms with Crippen LogP contribution in [-0.4, -0.2) is 24.2 Å². The number of carboxylic acid groups (broad SMARTS) is 1. The van der Waals surface area contributed by atoms with E-state index in [1.54, 1.807) is 6.07 Å². The molecule has 3 rings (SSSR count). The summed E-state index contributed by atoms with van der Waals surface area (Å²) in [6.07, 6.45) is 4.91. The summed E-state index contributed by atoms with van der Waals surface area (Å²) in [6.45, 7) is 6.06. The highest BCUT2D eigenvalue weighted by Gasteiger charge is 2.47. The zero-order valence-electron chi connectivity index (χ0n) is 18.6. The SMILES string of the molecule is CC(C)C1(CC(=O)O)c2ccc(F)cc2CCC1CCNCCCc1ccccc1.Cl. The summed E-state index contributed by atoms with van der Waals surface area (Å²) in [5, 5.41) is 13.3. The van der Waals surface area contributed by atoms with E-state index in [0.717, 1.165) is 56.3 Å². The standard InChI is InChI=1S/C26H34FNO2.ClH/c1-19(2)26(18-25(29)30)22(11-10-21-17-23(27)12-13-24(21)26)14-16-28-15-6-9-20-7-4-3-5-8-20;/h3-5,7-8,12-13,17,19,22,28H,6,9-11,14-16,18H2,1-2H3,(H,29,30);1H. The van der Waals surface area contributed by atoms with Crippen molar-refractivity contribution in [2.45, 2.75) is 57.8 Å². The largest absolute Gasteiger partial charge is 0.481 e. The molecule has 0 saturated heterocycles. The van der Waals surface area contributed by atoms with Gasteiger partial charge in [0.1, 0.15) is 5.82 Å². The molecule has 0 bridgehead atoms. The van der Waals surface area contributed by atoms with Crippen molar-refractivity contribution in [1.29, 1.82) is 0 Å². The molecule has 2 aromatic carbocycles. The molecule has 2 N–H and O–H groups in total. The number of halogens is 2. The predicted molar refractivity (Wildman–Crippen MR) is 126 cm³/mol. The van der Waals surface area contributed by atoms with Crippen LogP contribution in [0.1, 0.15) is 56.2 Å². The zero-order valence-corrected chi connectivity index (χ0v) is 19.4. The lowest BCUT2D eigenvalue weighted by molar-refractivity contribution is -0.140. The van der Waals surface area contributed by atoms with Crippen molar-refractivity contribution in [1.82, 2.24) is 5.32 Å². The number of aryl methyl sites for hydroxylation is 2. The monoisotopic (exact) mass is 447 g/mol.